The zero-order chi connectivity index (χ0) is 13.0. The Bertz CT molecular complexity index is 564. The molecule has 0 aliphatic heterocycles. The van der Waals surface area contributed by atoms with Crippen LogP contribution in [0.15, 0.2) is 34.6 Å². The monoisotopic (exact) mass is 251 g/mol. The molecule has 0 saturated heterocycles. The molecule has 1 aromatic carbocycles. The van der Waals surface area contributed by atoms with E-state index in [1.54, 1.807) is 0 Å². The van der Waals surface area contributed by atoms with Crippen LogP contribution in [0.25, 0.3) is 0 Å². The fourth-order valence-corrected chi connectivity index (χ4v) is 1.32. The number of hydrogen-bond donors (Lipinski definition) is 2. The van der Waals surface area contributed by atoms with Gasteiger partial charge in [0.2, 0.25) is 0 Å². The van der Waals surface area contributed by atoms with Gasteiger partial charge in [-0.05, 0) is 19.1 Å². The second-order valence-corrected chi connectivity index (χ2v) is 3.46. The molecule has 2 aromatic rings. The highest BCUT2D eigenvalue weighted by Gasteiger charge is 2.04. The molecule has 0 radical (unpaired) electrons. The Hall–Kier alpha value is -2.31. The average Bonchev–Trinajstić information content (AvgIpc) is 2.79. The first-order chi connectivity index (χ1) is 8.70. The van der Waals surface area contributed by atoms with E-state index in [0.717, 1.165) is 12.1 Å². The maximum atomic E-state index is 12.9. The topological polar surface area (TPSA) is 65.4 Å². The summed E-state index contributed by atoms with van der Waals surface area (Å²) in [7, 11) is 0. The summed E-state index contributed by atoms with van der Waals surface area (Å²) in [6.07, 6.45) is 1.49. The SMILES string of the molecule is CCNc1[nH]ncc1N=Nc1ccc(F)c(F)c1. The molecule has 0 bridgehead atoms. The molecule has 94 valence electrons. The number of aromatic amines is 1. The van der Waals surface area contributed by atoms with Gasteiger partial charge in [0.1, 0.15) is 11.5 Å². The number of rotatable bonds is 4. The normalized spacial score (nSPS) is 11.1. The summed E-state index contributed by atoms with van der Waals surface area (Å²) in [6.45, 7) is 2.63. The van der Waals surface area contributed by atoms with Crippen LogP contribution < -0.4 is 5.32 Å². The van der Waals surface area contributed by atoms with Gasteiger partial charge in [0, 0.05) is 12.6 Å². The zero-order valence-corrected chi connectivity index (χ0v) is 9.61. The first kappa shape index (κ1) is 12.2. The minimum Gasteiger partial charge on any atom is -0.369 e. The van der Waals surface area contributed by atoms with Crippen molar-refractivity contribution >= 4 is 17.2 Å². The number of anilines is 1. The highest BCUT2D eigenvalue weighted by Crippen LogP contribution is 2.24. The van der Waals surface area contributed by atoms with Gasteiger partial charge in [-0.15, -0.1) is 5.11 Å². The van der Waals surface area contributed by atoms with Crippen LogP contribution in [0.4, 0.5) is 26.0 Å². The van der Waals surface area contributed by atoms with E-state index in [-0.39, 0.29) is 5.69 Å². The number of halogens is 2. The molecule has 0 spiro atoms. The van der Waals surface area contributed by atoms with Crippen LogP contribution in [0, 0.1) is 11.6 Å². The lowest BCUT2D eigenvalue weighted by molar-refractivity contribution is 0.509. The summed E-state index contributed by atoms with van der Waals surface area (Å²) in [5.74, 6) is -1.24. The molecule has 0 atom stereocenters. The van der Waals surface area contributed by atoms with Gasteiger partial charge in [0.15, 0.2) is 11.6 Å². The lowest BCUT2D eigenvalue weighted by Crippen LogP contribution is -1.96. The molecule has 2 rings (SSSR count). The fourth-order valence-electron chi connectivity index (χ4n) is 1.32. The van der Waals surface area contributed by atoms with E-state index in [9.17, 15) is 8.78 Å². The molecule has 5 nitrogen and oxygen atoms in total. The lowest BCUT2D eigenvalue weighted by Gasteiger charge is -1.98. The van der Waals surface area contributed by atoms with E-state index < -0.39 is 11.6 Å². The van der Waals surface area contributed by atoms with Crippen LogP contribution in [0.5, 0.6) is 0 Å². The summed E-state index contributed by atoms with van der Waals surface area (Å²) >= 11 is 0. The van der Waals surface area contributed by atoms with Gasteiger partial charge in [-0.2, -0.15) is 10.2 Å². The van der Waals surface area contributed by atoms with E-state index in [1.807, 2.05) is 6.92 Å². The number of azo groups is 1. The predicted molar refractivity (Wildman–Crippen MR) is 63.3 cm³/mol. The zero-order valence-electron chi connectivity index (χ0n) is 9.61. The quantitative estimate of drug-likeness (QED) is 0.816. The van der Waals surface area contributed by atoms with Gasteiger partial charge in [0.25, 0.3) is 0 Å². The van der Waals surface area contributed by atoms with E-state index in [4.69, 9.17) is 0 Å². The Morgan fingerprint density at radius 2 is 2.11 bits per heavy atom. The molecule has 2 N–H and O–H groups in total. The van der Waals surface area contributed by atoms with Crippen molar-refractivity contribution in [2.24, 2.45) is 10.2 Å². The van der Waals surface area contributed by atoms with E-state index in [2.05, 4.69) is 25.7 Å². The number of aromatic nitrogens is 2. The van der Waals surface area contributed by atoms with Crippen LogP contribution in [0.3, 0.4) is 0 Å². The van der Waals surface area contributed by atoms with Gasteiger partial charge >= 0.3 is 0 Å². The number of benzene rings is 1. The summed E-state index contributed by atoms with van der Waals surface area (Å²) in [4.78, 5) is 0. The summed E-state index contributed by atoms with van der Waals surface area (Å²) in [6, 6.07) is 3.32. The van der Waals surface area contributed by atoms with Crippen molar-refractivity contribution in [3.63, 3.8) is 0 Å². The third-order valence-electron chi connectivity index (χ3n) is 2.15. The van der Waals surface area contributed by atoms with Crippen LogP contribution in [-0.2, 0) is 0 Å². The molecule has 0 aliphatic rings. The smallest absolute Gasteiger partial charge is 0.161 e. The second kappa shape index (κ2) is 5.35. The minimum absolute atomic E-state index is 0.234. The Balaban J connectivity index is 2.19. The first-order valence-corrected chi connectivity index (χ1v) is 5.34. The largest absolute Gasteiger partial charge is 0.369 e. The second-order valence-electron chi connectivity index (χ2n) is 3.46. The van der Waals surface area contributed by atoms with Crippen molar-refractivity contribution in [1.82, 2.24) is 10.2 Å². The standard InChI is InChI=1S/C11H11F2N5/c1-2-14-11-10(6-15-18-11)17-16-7-3-4-8(12)9(13)5-7/h3-6H,2H2,1H3,(H2,14,15,18). The van der Waals surface area contributed by atoms with E-state index in [0.29, 0.717) is 18.1 Å². The number of H-pyrrole nitrogens is 1. The third-order valence-corrected chi connectivity index (χ3v) is 2.15. The maximum absolute atomic E-state index is 12.9. The highest BCUT2D eigenvalue weighted by molar-refractivity contribution is 5.58. The third kappa shape index (κ3) is 2.68. The average molecular weight is 251 g/mol. The van der Waals surface area contributed by atoms with Gasteiger partial charge < -0.3 is 5.32 Å². The number of hydrogen-bond acceptors (Lipinski definition) is 4. The number of nitrogens with zero attached hydrogens (tertiary/aromatic N) is 3. The van der Waals surface area contributed by atoms with Crippen LogP contribution in [-0.4, -0.2) is 16.7 Å². The summed E-state index contributed by atoms with van der Waals surface area (Å²) < 4.78 is 25.6. The molecule has 0 aliphatic carbocycles. The minimum atomic E-state index is -0.953. The molecule has 1 aromatic heterocycles. The van der Waals surface area contributed by atoms with Crippen LogP contribution >= 0.6 is 0 Å². The molecular formula is C11H11F2N5. The molecule has 18 heavy (non-hydrogen) atoms. The molecule has 0 amide bonds. The predicted octanol–water partition coefficient (Wildman–Crippen LogP) is 3.54. The highest BCUT2D eigenvalue weighted by atomic mass is 19.2. The van der Waals surface area contributed by atoms with E-state index in [1.165, 1.54) is 12.3 Å². The fraction of sp³-hybridized carbons (Fsp3) is 0.182. The van der Waals surface area contributed by atoms with Crippen LogP contribution in [0.1, 0.15) is 6.92 Å². The van der Waals surface area contributed by atoms with Crippen molar-refractivity contribution in [2.45, 2.75) is 6.92 Å². The lowest BCUT2D eigenvalue weighted by atomic mass is 10.3. The van der Waals surface area contributed by atoms with Crippen LogP contribution in [0.2, 0.25) is 0 Å². The van der Waals surface area contributed by atoms with Gasteiger partial charge in [-0.25, -0.2) is 8.78 Å². The molecule has 0 fully saturated rings. The van der Waals surface area contributed by atoms with Crippen molar-refractivity contribution in [2.75, 3.05) is 11.9 Å². The summed E-state index contributed by atoms with van der Waals surface area (Å²) in [5, 5.41) is 17.2. The molecule has 1 heterocycles. The Morgan fingerprint density at radius 3 is 2.83 bits per heavy atom. The Morgan fingerprint density at radius 1 is 1.28 bits per heavy atom. The summed E-state index contributed by atoms with van der Waals surface area (Å²) in [5.41, 5.74) is 0.735. The van der Waals surface area contributed by atoms with Crippen molar-refractivity contribution in [3.8, 4) is 0 Å². The van der Waals surface area contributed by atoms with Crippen molar-refractivity contribution < 1.29 is 8.78 Å². The van der Waals surface area contributed by atoms with Gasteiger partial charge in [0.05, 0.1) is 11.9 Å². The molecule has 7 heteroatoms. The Labute approximate surface area is 102 Å². The van der Waals surface area contributed by atoms with Crippen molar-refractivity contribution in [3.05, 3.63) is 36.0 Å². The van der Waals surface area contributed by atoms with Gasteiger partial charge in [-0.3, -0.25) is 5.10 Å². The molecule has 0 saturated carbocycles. The number of nitrogens with one attached hydrogen (secondary N) is 2. The first-order valence-electron chi connectivity index (χ1n) is 5.34. The molecule has 0 unspecified atom stereocenters. The Kier molecular flexibility index (Phi) is 3.61. The van der Waals surface area contributed by atoms with Gasteiger partial charge in [-0.1, -0.05) is 0 Å². The maximum Gasteiger partial charge on any atom is 0.161 e. The van der Waals surface area contributed by atoms with Crippen molar-refractivity contribution in [1.29, 1.82) is 0 Å². The van der Waals surface area contributed by atoms with E-state index >= 15 is 0 Å². The molecular weight excluding hydrogens is 240 g/mol.